The number of rotatable bonds is 4. The molecule has 0 amide bonds. The van der Waals surface area contributed by atoms with Crippen molar-refractivity contribution in [2.45, 2.75) is 58.0 Å². The van der Waals surface area contributed by atoms with Gasteiger partial charge in [-0.15, -0.1) is 0 Å². The van der Waals surface area contributed by atoms with Crippen LogP contribution in [-0.4, -0.2) is 66.4 Å². The van der Waals surface area contributed by atoms with Crippen LogP contribution in [0, 0.1) is 5.92 Å². The number of fused-ring (bicyclic) bond motifs is 1. The highest BCUT2D eigenvalue weighted by Gasteiger charge is 2.35. The van der Waals surface area contributed by atoms with Gasteiger partial charge in [0.05, 0.1) is 18.1 Å². The lowest BCUT2D eigenvalue weighted by molar-refractivity contribution is 0.138. The van der Waals surface area contributed by atoms with Gasteiger partial charge in [0, 0.05) is 43.6 Å². The molecule has 10 heteroatoms. The summed E-state index contributed by atoms with van der Waals surface area (Å²) in [5.74, 6) is 2.69. The maximum atomic E-state index is 11.8. The SMILES string of the molecule is CC(C)(C)c1nc(N2CCC(C3Cc4cc(C5=CCN(S(C)(=O)=O)CC5)ncc4O3)CC2)no1. The van der Waals surface area contributed by atoms with Crippen LogP contribution in [0.15, 0.2) is 22.9 Å². The zero-order chi connectivity index (χ0) is 24.1. The minimum Gasteiger partial charge on any atom is -0.488 e. The van der Waals surface area contributed by atoms with Crippen LogP contribution in [0.3, 0.4) is 0 Å². The van der Waals surface area contributed by atoms with Crippen molar-refractivity contribution < 1.29 is 17.7 Å². The first-order valence-corrected chi connectivity index (χ1v) is 13.8. The fourth-order valence-corrected chi connectivity index (χ4v) is 5.68. The molecule has 9 nitrogen and oxygen atoms in total. The Morgan fingerprint density at radius 2 is 1.91 bits per heavy atom. The third-order valence-corrected chi connectivity index (χ3v) is 8.29. The minimum absolute atomic E-state index is 0.152. The number of ether oxygens (including phenoxy) is 1. The van der Waals surface area contributed by atoms with Crippen LogP contribution >= 0.6 is 0 Å². The van der Waals surface area contributed by atoms with Crippen LogP contribution in [0.25, 0.3) is 5.57 Å². The van der Waals surface area contributed by atoms with E-state index in [9.17, 15) is 8.42 Å². The standard InChI is InChI=1S/C24H33N5O4S/c1-24(2,3)22-26-23(27-33-22)28-9-5-17(6-10-28)20-14-18-13-19(25-15-21(18)32-20)16-7-11-29(12-8-16)34(4,30)31/h7,13,15,17,20H,5-6,8-12,14H2,1-4H3. The third kappa shape index (κ3) is 4.70. The molecular weight excluding hydrogens is 454 g/mol. The summed E-state index contributed by atoms with van der Waals surface area (Å²) in [6.07, 6.45) is 8.82. The molecule has 0 saturated carbocycles. The Balaban J connectivity index is 1.19. The molecule has 1 saturated heterocycles. The number of hydrogen-bond donors (Lipinski definition) is 0. The van der Waals surface area contributed by atoms with E-state index >= 15 is 0 Å². The van der Waals surface area contributed by atoms with Crippen LogP contribution < -0.4 is 9.64 Å². The molecule has 5 rings (SSSR count). The molecule has 1 atom stereocenters. The molecule has 184 valence electrons. The van der Waals surface area contributed by atoms with Gasteiger partial charge >= 0.3 is 0 Å². The lowest BCUT2D eigenvalue weighted by atomic mass is 9.89. The molecule has 0 radical (unpaired) electrons. The quantitative estimate of drug-likeness (QED) is 0.649. The largest absolute Gasteiger partial charge is 0.488 e. The van der Waals surface area contributed by atoms with Gasteiger partial charge in [-0.25, -0.2) is 8.42 Å². The van der Waals surface area contributed by atoms with E-state index < -0.39 is 10.0 Å². The average Bonchev–Trinajstić information content (AvgIpc) is 3.46. The van der Waals surface area contributed by atoms with Gasteiger partial charge in [-0.3, -0.25) is 4.98 Å². The molecule has 34 heavy (non-hydrogen) atoms. The number of anilines is 1. The van der Waals surface area contributed by atoms with Crippen LogP contribution in [-0.2, 0) is 21.9 Å². The molecule has 0 N–H and O–H groups in total. The highest BCUT2D eigenvalue weighted by molar-refractivity contribution is 7.88. The molecule has 0 bridgehead atoms. The van der Waals surface area contributed by atoms with Gasteiger partial charge in [-0.05, 0) is 42.0 Å². The number of nitrogens with zero attached hydrogens (tertiary/aromatic N) is 5. The Kier molecular flexibility index (Phi) is 5.92. The number of aromatic nitrogens is 3. The van der Waals surface area contributed by atoms with Crippen LogP contribution in [0.2, 0.25) is 0 Å². The van der Waals surface area contributed by atoms with Crippen LogP contribution in [0.4, 0.5) is 5.95 Å². The fraction of sp³-hybridized carbons (Fsp3) is 0.625. The summed E-state index contributed by atoms with van der Waals surface area (Å²) < 4.78 is 36.8. The molecule has 2 aromatic rings. The van der Waals surface area contributed by atoms with Gasteiger partial charge < -0.3 is 14.2 Å². The third-order valence-electron chi connectivity index (χ3n) is 7.02. The predicted molar refractivity (Wildman–Crippen MR) is 129 cm³/mol. The Morgan fingerprint density at radius 1 is 1.15 bits per heavy atom. The molecule has 3 aliphatic heterocycles. The Bertz CT molecular complexity index is 1190. The minimum atomic E-state index is -3.16. The van der Waals surface area contributed by atoms with E-state index in [1.807, 2.05) is 12.3 Å². The zero-order valence-electron chi connectivity index (χ0n) is 20.3. The van der Waals surface area contributed by atoms with Crippen molar-refractivity contribution in [3.63, 3.8) is 0 Å². The van der Waals surface area contributed by atoms with Crippen LogP contribution in [0.1, 0.15) is 57.2 Å². The molecule has 1 fully saturated rings. The second kappa shape index (κ2) is 8.64. The monoisotopic (exact) mass is 487 g/mol. The molecule has 0 aromatic carbocycles. The molecule has 1 unspecified atom stereocenters. The van der Waals surface area contributed by atoms with E-state index in [0.29, 0.717) is 37.3 Å². The van der Waals surface area contributed by atoms with Gasteiger partial charge in [0.25, 0.3) is 5.95 Å². The fourth-order valence-electron chi connectivity index (χ4n) is 4.91. The van der Waals surface area contributed by atoms with E-state index in [1.54, 1.807) is 0 Å². The Morgan fingerprint density at radius 3 is 2.53 bits per heavy atom. The summed E-state index contributed by atoms with van der Waals surface area (Å²) in [6, 6.07) is 2.12. The Hall–Kier alpha value is -2.46. The van der Waals surface area contributed by atoms with Crippen molar-refractivity contribution in [1.82, 2.24) is 19.4 Å². The number of sulfonamides is 1. The predicted octanol–water partition coefficient (Wildman–Crippen LogP) is 3.03. The lowest BCUT2D eigenvalue weighted by Crippen LogP contribution is -2.39. The van der Waals surface area contributed by atoms with Gasteiger partial charge in [0.2, 0.25) is 15.9 Å². The summed E-state index contributed by atoms with van der Waals surface area (Å²) in [4.78, 5) is 11.4. The van der Waals surface area contributed by atoms with E-state index in [1.165, 1.54) is 16.1 Å². The van der Waals surface area contributed by atoms with Crippen molar-refractivity contribution in [1.29, 1.82) is 0 Å². The zero-order valence-corrected chi connectivity index (χ0v) is 21.1. The van der Waals surface area contributed by atoms with Gasteiger partial charge in [-0.2, -0.15) is 9.29 Å². The van der Waals surface area contributed by atoms with Crippen molar-refractivity contribution in [3.8, 4) is 5.75 Å². The second-order valence-electron chi connectivity index (χ2n) is 10.6. The summed E-state index contributed by atoms with van der Waals surface area (Å²) in [6.45, 7) is 8.89. The molecular formula is C24H33N5O4S. The van der Waals surface area contributed by atoms with Crippen molar-refractivity contribution >= 4 is 21.5 Å². The van der Waals surface area contributed by atoms with E-state index in [2.05, 4.69) is 46.9 Å². The first-order chi connectivity index (χ1) is 16.1. The Labute approximate surface area is 201 Å². The number of hydrogen-bond acceptors (Lipinski definition) is 8. The smallest absolute Gasteiger partial charge is 0.266 e. The number of piperidine rings is 1. The first-order valence-electron chi connectivity index (χ1n) is 12.0. The summed E-state index contributed by atoms with van der Waals surface area (Å²) in [5.41, 5.74) is 3.07. The van der Waals surface area contributed by atoms with Gasteiger partial charge in [-0.1, -0.05) is 26.8 Å². The van der Waals surface area contributed by atoms with Gasteiger partial charge in [0.15, 0.2) is 0 Å². The average molecular weight is 488 g/mol. The molecule has 0 spiro atoms. The van der Waals surface area contributed by atoms with Crippen LogP contribution in [0.5, 0.6) is 5.75 Å². The molecule has 0 aliphatic carbocycles. The second-order valence-corrected chi connectivity index (χ2v) is 12.6. The van der Waals surface area contributed by atoms with E-state index in [0.717, 1.165) is 49.4 Å². The normalized spacial score (nSPS) is 22.4. The molecule has 5 heterocycles. The van der Waals surface area contributed by atoms with Crippen molar-refractivity contribution in [2.75, 3.05) is 37.3 Å². The highest BCUT2D eigenvalue weighted by atomic mass is 32.2. The topological polar surface area (TPSA) is 102 Å². The van der Waals surface area contributed by atoms with Crippen molar-refractivity contribution in [2.24, 2.45) is 5.92 Å². The summed E-state index contributed by atoms with van der Waals surface area (Å²) >= 11 is 0. The summed E-state index contributed by atoms with van der Waals surface area (Å²) in [5, 5.41) is 4.19. The molecule has 3 aliphatic rings. The number of pyridine rings is 1. The maximum Gasteiger partial charge on any atom is 0.266 e. The molecule has 2 aromatic heterocycles. The van der Waals surface area contributed by atoms with E-state index in [4.69, 9.17) is 9.26 Å². The van der Waals surface area contributed by atoms with Gasteiger partial charge in [0.1, 0.15) is 11.9 Å². The van der Waals surface area contributed by atoms with E-state index in [-0.39, 0.29) is 11.5 Å². The lowest BCUT2D eigenvalue weighted by Gasteiger charge is -2.33. The maximum absolute atomic E-state index is 11.8. The first kappa shape index (κ1) is 23.3. The van der Waals surface area contributed by atoms with Crippen molar-refractivity contribution in [3.05, 3.63) is 35.5 Å². The summed E-state index contributed by atoms with van der Waals surface area (Å²) in [7, 11) is -3.16. The highest BCUT2D eigenvalue weighted by Crippen LogP contribution is 2.37.